The summed E-state index contributed by atoms with van der Waals surface area (Å²) < 4.78 is 43.7. The smallest absolute Gasteiger partial charge is 0.333 e. The zero-order chi connectivity index (χ0) is 14.3. The molecule has 0 spiro atoms. The fraction of sp³-hybridized carbons (Fsp3) is 0.700. The van der Waals surface area contributed by atoms with Crippen molar-refractivity contribution in [2.75, 3.05) is 6.54 Å². The van der Waals surface area contributed by atoms with Crippen LogP contribution < -0.4 is 4.72 Å². The number of nitrogens with one attached hydrogen (secondary N) is 1. The largest absolute Gasteiger partial charge is 0.343 e. The summed E-state index contributed by atoms with van der Waals surface area (Å²) in [6.07, 6.45) is -0.923. The molecule has 1 aromatic rings. The highest BCUT2D eigenvalue weighted by Gasteiger charge is 2.43. The van der Waals surface area contributed by atoms with Gasteiger partial charge < -0.3 is 9.47 Å². The van der Waals surface area contributed by atoms with E-state index in [-0.39, 0.29) is 6.54 Å². The van der Waals surface area contributed by atoms with Gasteiger partial charge in [-0.25, -0.2) is 4.98 Å². The first-order valence-electron chi connectivity index (χ1n) is 5.66. The van der Waals surface area contributed by atoms with Crippen molar-refractivity contribution in [3.63, 3.8) is 0 Å². The van der Waals surface area contributed by atoms with Crippen molar-refractivity contribution in [3.8, 4) is 0 Å². The summed E-state index contributed by atoms with van der Waals surface area (Å²) in [5, 5.41) is 0. The topological polar surface area (TPSA) is 97.8 Å². The predicted molar refractivity (Wildman–Crippen MR) is 69.2 cm³/mol. The molecule has 19 heavy (non-hydrogen) atoms. The van der Waals surface area contributed by atoms with E-state index in [9.17, 15) is 8.42 Å². The monoisotopic (exact) mass is 308 g/mol. The molecule has 2 heterocycles. The van der Waals surface area contributed by atoms with Crippen molar-refractivity contribution in [3.05, 3.63) is 16.1 Å². The van der Waals surface area contributed by atoms with Gasteiger partial charge in [0.15, 0.2) is 5.79 Å². The van der Waals surface area contributed by atoms with Crippen LogP contribution in [0.1, 0.15) is 30.5 Å². The van der Waals surface area contributed by atoms with Gasteiger partial charge in [-0.1, -0.05) is 0 Å². The minimum atomic E-state index is -4.25. The van der Waals surface area contributed by atoms with Crippen molar-refractivity contribution in [2.24, 2.45) is 0 Å². The fourth-order valence-corrected chi connectivity index (χ4v) is 3.23. The molecular weight excluding hydrogens is 292 g/mol. The Balaban J connectivity index is 2.18. The van der Waals surface area contributed by atoms with Gasteiger partial charge in [-0.2, -0.15) is 13.1 Å². The minimum Gasteiger partial charge on any atom is -0.343 e. The Kier molecular flexibility index (Phi) is 3.96. The zero-order valence-electron chi connectivity index (χ0n) is 10.8. The summed E-state index contributed by atoms with van der Waals surface area (Å²) in [7, 11) is -4.25. The van der Waals surface area contributed by atoms with Crippen LogP contribution in [-0.2, 0) is 19.8 Å². The maximum atomic E-state index is 10.7. The van der Waals surface area contributed by atoms with Gasteiger partial charge in [0.05, 0.1) is 16.1 Å². The first kappa shape index (κ1) is 14.8. The quantitative estimate of drug-likeness (QED) is 0.806. The van der Waals surface area contributed by atoms with Gasteiger partial charge >= 0.3 is 10.3 Å². The number of hydrogen-bond acceptors (Lipinski definition) is 6. The molecule has 0 bridgehead atoms. The lowest BCUT2D eigenvalue weighted by molar-refractivity contribution is -0.146. The molecule has 2 atom stereocenters. The van der Waals surface area contributed by atoms with Gasteiger partial charge in [-0.15, -0.1) is 11.3 Å². The van der Waals surface area contributed by atoms with Crippen LogP contribution in [0.2, 0.25) is 0 Å². The highest BCUT2D eigenvalue weighted by Crippen LogP contribution is 2.40. The average Bonchev–Trinajstić information content (AvgIpc) is 2.77. The second kappa shape index (κ2) is 5.08. The lowest BCUT2D eigenvalue weighted by Crippen LogP contribution is -2.34. The Morgan fingerprint density at radius 1 is 1.53 bits per heavy atom. The van der Waals surface area contributed by atoms with Crippen LogP contribution in [-0.4, -0.2) is 36.4 Å². The lowest BCUT2D eigenvalue weighted by Gasteiger charge is -2.16. The Bertz CT molecular complexity index is 554. The van der Waals surface area contributed by atoms with Crippen LogP contribution in [0.5, 0.6) is 0 Å². The summed E-state index contributed by atoms with van der Waals surface area (Å²) in [5.41, 5.74) is 2.53. The van der Waals surface area contributed by atoms with Crippen LogP contribution in [0, 0.1) is 6.92 Å². The predicted octanol–water partition coefficient (Wildman–Crippen LogP) is 1.04. The molecule has 2 N–H and O–H groups in total. The molecule has 7 nitrogen and oxygen atoms in total. The molecule has 2 unspecified atom stereocenters. The van der Waals surface area contributed by atoms with E-state index in [2.05, 4.69) is 4.98 Å². The lowest BCUT2D eigenvalue weighted by atomic mass is 10.1. The summed E-state index contributed by atoms with van der Waals surface area (Å²) >= 11 is 1.43. The second-order valence-corrected chi connectivity index (χ2v) is 6.85. The molecule has 1 aliphatic rings. The van der Waals surface area contributed by atoms with Crippen molar-refractivity contribution in [2.45, 2.75) is 38.8 Å². The molecule has 0 aliphatic carbocycles. The van der Waals surface area contributed by atoms with Crippen molar-refractivity contribution in [1.82, 2.24) is 9.71 Å². The molecule has 108 valence electrons. The van der Waals surface area contributed by atoms with Gasteiger partial charge in [-0.3, -0.25) is 4.55 Å². The Hall–Kier alpha value is -0.580. The van der Waals surface area contributed by atoms with E-state index in [0.717, 1.165) is 10.6 Å². The molecule has 1 aliphatic heterocycles. The molecule has 1 fully saturated rings. The van der Waals surface area contributed by atoms with Crippen molar-refractivity contribution >= 4 is 21.6 Å². The van der Waals surface area contributed by atoms with Gasteiger partial charge in [0.25, 0.3) is 0 Å². The molecule has 9 heteroatoms. The normalized spacial score (nSPS) is 26.7. The molecule has 1 saturated heterocycles. The van der Waals surface area contributed by atoms with Crippen LogP contribution in [0.15, 0.2) is 5.51 Å². The number of ether oxygens (including phenoxy) is 2. The van der Waals surface area contributed by atoms with E-state index in [1.807, 2.05) is 11.6 Å². The maximum Gasteiger partial charge on any atom is 0.333 e. The van der Waals surface area contributed by atoms with E-state index in [0.29, 0.717) is 0 Å². The summed E-state index contributed by atoms with van der Waals surface area (Å²) in [6.45, 7) is 5.30. The Labute approximate surface area is 115 Å². The highest BCUT2D eigenvalue weighted by atomic mass is 32.2. The molecule has 1 aromatic heterocycles. The standard InChI is InChI=1S/C10H16N2O5S2/c1-6-9(18-5-11-6)8-7(4-12-19(13,14)15)16-10(2,3)17-8/h5,7-8,12H,4H2,1-3H3,(H,13,14,15). The van der Waals surface area contributed by atoms with E-state index < -0.39 is 28.3 Å². The van der Waals surface area contributed by atoms with E-state index in [4.69, 9.17) is 14.0 Å². The third kappa shape index (κ3) is 3.71. The highest BCUT2D eigenvalue weighted by molar-refractivity contribution is 7.83. The van der Waals surface area contributed by atoms with Gasteiger partial charge in [0, 0.05) is 6.54 Å². The number of nitrogens with zero attached hydrogens (tertiary/aromatic N) is 1. The third-order valence-electron chi connectivity index (χ3n) is 2.69. The Morgan fingerprint density at radius 2 is 2.21 bits per heavy atom. The van der Waals surface area contributed by atoms with E-state index >= 15 is 0 Å². The minimum absolute atomic E-state index is 0.0652. The number of thiazole rings is 1. The van der Waals surface area contributed by atoms with Crippen LogP contribution in [0.3, 0.4) is 0 Å². The van der Waals surface area contributed by atoms with Crippen LogP contribution >= 0.6 is 11.3 Å². The molecule has 0 radical (unpaired) electrons. The molecule has 2 rings (SSSR count). The summed E-state index contributed by atoms with van der Waals surface area (Å²) in [4.78, 5) is 5.04. The van der Waals surface area contributed by atoms with Crippen molar-refractivity contribution < 1.29 is 22.4 Å². The summed E-state index contributed by atoms with van der Waals surface area (Å²) in [5.74, 6) is -0.813. The third-order valence-corrected chi connectivity index (χ3v) is 4.22. The summed E-state index contributed by atoms with van der Waals surface area (Å²) in [6, 6.07) is 0. The van der Waals surface area contributed by atoms with Gasteiger partial charge in [0.2, 0.25) is 0 Å². The SMILES string of the molecule is Cc1ncsc1C1OC(C)(C)OC1CNS(=O)(=O)O. The fourth-order valence-electron chi connectivity index (χ4n) is 1.98. The van der Waals surface area contributed by atoms with Crippen LogP contribution in [0.4, 0.5) is 0 Å². The molecule has 0 saturated carbocycles. The molecular formula is C10H16N2O5S2. The van der Waals surface area contributed by atoms with Gasteiger partial charge in [0.1, 0.15) is 12.2 Å². The number of hydrogen-bond donors (Lipinski definition) is 2. The number of aryl methyl sites for hydroxylation is 1. The van der Waals surface area contributed by atoms with E-state index in [1.165, 1.54) is 11.3 Å². The zero-order valence-corrected chi connectivity index (χ0v) is 12.4. The first-order valence-corrected chi connectivity index (χ1v) is 7.97. The van der Waals surface area contributed by atoms with Crippen LogP contribution in [0.25, 0.3) is 0 Å². The second-order valence-electron chi connectivity index (χ2n) is 4.72. The maximum absolute atomic E-state index is 10.7. The molecule has 0 amide bonds. The Morgan fingerprint density at radius 3 is 2.74 bits per heavy atom. The van der Waals surface area contributed by atoms with Gasteiger partial charge in [-0.05, 0) is 20.8 Å². The van der Waals surface area contributed by atoms with E-state index in [1.54, 1.807) is 19.4 Å². The number of aromatic nitrogens is 1. The molecule has 0 aromatic carbocycles. The average molecular weight is 308 g/mol. The van der Waals surface area contributed by atoms with Crippen molar-refractivity contribution in [1.29, 1.82) is 0 Å². The first-order chi connectivity index (χ1) is 8.68. The number of rotatable bonds is 4.